The van der Waals surface area contributed by atoms with Gasteiger partial charge in [0.25, 0.3) is 0 Å². The van der Waals surface area contributed by atoms with Crippen LogP contribution in [0.15, 0.2) is 30.3 Å². The van der Waals surface area contributed by atoms with Crippen LogP contribution in [0.1, 0.15) is 18.4 Å². The first-order valence-electron chi connectivity index (χ1n) is 6.45. The first-order chi connectivity index (χ1) is 8.72. The predicted molar refractivity (Wildman–Crippen MR) is 75.8 cm³/mol. The highest BCUT2D eigenvalue weighted by molar-refractivity contribution is 6.30. The van der Waals surface area contributed by atoms with E-state index in [9.17, 15) is 0 Å². The Morgan fingerprint density at radius 3 is 2.89 bits per heavy atom. The van der Waals surface area contributed by atoms with Gasteiger partial charge >= 0.3 is 0 Å². The topological polar surface area (TPSA) is 16.1 Å². The lowest BCUT2D eigenvalue weighted by Gasteiger charge is -2.17. The largest absolute Gasteiger partial charge is 0.302 e. The minimum absolute atomic E-state index is 0.636. The van der Waals surface area contributed by atoms with E-state index in [4.69, 9.17) is 11.6 Å². The Balaban J connectivity index is 1.83. The van der Waals surface area contributed by atoms with Gasteiger partial charge in [-0.1, -0.05) is 29.8 Å². The number of para-hydroxylation sites is 1. The van der Waals surface area contributed by atoms with Gasteiger partial charge in [0.2, 0.25) is 0 Å². The molecule has 1 heterocycles. The molecule has 1 aromatic carbocycles. The molecule has 1 aliphatic carbocycles. The molecular formula is C15H17ClN2. The van der Waals surface area contributed by atoms with E-state index in [1.807, 2.05) is 18.2 Å². The van der Waals surface area contributed by atoms with Crippen LogP contribution in [0.3, 0.4) is 0 Å². The Morgan fingerprint density at radius 2 is 2.11 bits per heavy atom. The molecule has 1 aliphatic rings. The fourth-order valence-corrected chi connectivity index (χ4v) is 2.55. The Morgan fingerprint density at radius 1 is 1.33 bits per heavy atom. The van der Waals surface area contributed by atoms with Gasteiger partial charge in [0.1, 0.15) is 5.15 Å². The summed E-state index contributed by atoms with van der Waals surface area (Å²) in [5.41, 5.74) is 2.09. The lowest BCUT2D eigenvalue weighted by molar-refractivity contribution is 0.313. The van der Waals surface area contributed by atoms with E-state index in [1.165, 1.54) is 19.4 Å². The smallest absolute Gasteiger partial charge is 0.134 e. The summed E-state index contributed by atoms with van der Waals surface area (Å²) in [4.78, 5) is 6.80. The van der Waals surface area contributed by atoms with Crippen molar-refractivity contribution < 1.29 is 0 Å². The molecule has 0 aliphatic heterocycles. The third kappa shape index (κ3) is 2.65. The number of rotatable bonds is 4. The van der Waals surface area contributed by atoms with Crippen molar-refractivity contribution in [2.24, 2.45) is 5.92 Å². The van der Waals surface area contributed by atoms with Crippen LogP contribution in [-0.2, 0) is 6.54 Å². The van der Waals surface area contributed by atoms with Gasteiger partial charge in [-0.15, -0.1) is 0 Å². The molecule has 2 nitrogen and oxygen atoms in total. The lowest BCUT2D eigenvalue weighted by Crippen LogP contribution is -2.20. The Bertz CT molecular complexity index is 563. The van der Waals surface area contributed by atoms with E-state index in [1.54, 1.807) is 0 Å². The summed E-state index contributed by atoms with van der Waals surface area (Å²) in [6.07, 6.45) is 2.77. The van der Waals surface area contributed by atoms with Crippen molar-refractivity contribution in [3.63, 3.8) is 0 Å². The number of halogens is 1. The van der Waals surface area contributed by atoms with Gasteiger partial charge in [-0.05, 0) is 37.9 Å². The first kappa shape index (κ1) is 11.9. The second-order valence-electron chi connectivity index (χ2n) is 5.27. The molecule has 1 fully saturated rings. The monoisotopic (exact) mass is 260 g/mol. The van der Waals surface area contributed by atoms with Gasteiger partial charge in [-0.2, -0.15) is 0 Å². The van der Waals surface area contributed by atoms with E-state index in [0.717, 1.165) is 28.9 Å². The van der Waals surface area contributed by atoms with E-state index >= 15 is 0 Å². The molecule has 0 saturated heterocycles. The average Bonchev–Trinajstić information content (AvgIpc) is 3.14. The molecule has 1 saturated carbocycles. The summed E-state index contributed by atoms with van der Waals surface area (Å²) in [5, 5.41) is 1.80. The fourth-order valence-electron chi connectivity index (χ4n) is 2.34. The SMILES string of the molecule is CN(Cc1cc2ccccc2nc1Cl)CC1CC1. The molecular weight excluding hydrogens is 244 g/mol. The Kier molecular flexibility index (Phi) is 3.23. The van der Waals surface area contributed by atoms with Crippen molar-refractivity contribution in [1.29, 1.82) is 0 Å². The maximum absolute atomic E-state index is 6.26. The number of benzene rings is 1. The second kappa shape index (κ2) is 4.87. The van der Waals surface area contributed by atoms with Crippen molar-refractivity contribution in [1.82, 2.24) is 9.88 Å². The quantitative estimate of drug-likeness (QED) is 0.779. The summed E-state index contributed by atoms with van der Waals surface area (Å²) in [7, 11) is 2.16. The molecule has 94 valence electrons. The predicted octanol–water partition coefficient (Wildman–Crippen LogP) is 3.73. The van der Waals surface area contributed by atoms with Gasteiger partial charge in [0, 0.05) is 24.0 Å². The molecule has 0 radical (unpaired) electrons. The van der Waals surface area contributed by atoms with Crippen LogP contribution in [0.4, 0.5) is 0 Å². The zero-order valence-corrected chi connectivity index (χ0v) is 11.3. The number of nitrogens with zero attached hydrogens (tertiary/aromatic N) is 2. The zero-order valence-electron chi connectivity index (χ0n) is 10.6. The van der Waals surface area contributed by atoms with Crippen molar-refractivity contribution in [3.05, 3.63) is 41.0 Å². The summed E-state index contributed by atoms with van der Waals surface area (Å²) >= 11 is 6.26. The first-order valence-corrected chi connectivity index (χ1v) is 6.83. The summed E-state index contributed by atoms with van der Waals surface area (Å²) in [6, 6.07) is 10.3. The summed E-state index contributed by atoms with van der Waals surface area (Å²) in [5.74, 6) is 0.905. The minimum atomic E-state index is 0.636. The third-order valence-corrected chi connectivity index (χ3v) is 3.78. The highest BCUT2D eigenvalue weighted by Crippen LogP contribution is 2.30. The van der Waals surface area contributed by atoms with Crippen LogP contribution in [0.5, 0.6) is 0 Å². The second-order valence-corrected chi connectivity index (χ2v) is 5.63. The van der Waals surface area contributed by atoms with Gasteiger partial charge in [-0.25, -0.2) is 4.98 Å². The number of hydrogen-bond acceptors (Lipinski definition) is 2. The van der Waals surface area contributed by atoms with Gasteiger partial charge < -0.3 is 4.90 Å². The zero-order chi connectivity index (χ0) is 12.5. The van der Waals surface area contributed by atoms with Crippen LogP contribution in [0.2, 0.25) is 5.15 Å². The molecule has 3 rings (SSSR count). The molecule has 1 aromatic heterocycles. The van der Waals surface area contributed by atoms with Crippen molar-refractivity contribution in [3.8, 4) is 0 Å². The molecule has 0 amide bonds. The number of aromatic nitrogens is 1. The third-order valence-electron chi connectivity index (χ3n) is 3.46. The molecule has 0 spiro atoms. The molecule has 0 unspecified atom stereocenters. The Labute approximate surface area is 113 Å². The minimum Gasteiger partial charge on any atom is -0.302 e. The van der Waals surface area contributed by atoms with Crippen molar-refractivity contribution >= 4 is 22.5 Å². The number of fused-ring (bicyclic) bond motifs is 1. The standard InChI is InChI=1S/C15H17ClN2/c1-18(9-11-6-7-11)10-13-8-12-4-2-3-5-14(12)17-15(13)16/h2-5,8,11H,6-7,9-10H2,1H3. The molecule has 0 N–H and O–H groups in total. The van der Waals surface area contributed by atoms with Gasteiger partial charge in [-0.3, -0.25) is 0 Å². The maximum Gasteiger partial charge on any atom is 0.134 e. The summed E-state index contributed by atoms with van der Waals surface area (Å²) in [6.45, 7) is 2.05. The Hall–Kier alpha value is -1.12. The van der Waals surface area contributed by atoms with E-state index in [2.05, 4.69) is 29.1 Å². The molecule has 0 atom stereocenters. The lowest BCUT2D eigenvalue weighted by atomic mass is 10.1. The van der Waals surface area contributed by atoms with Gasteiger partial charge in [0.15, 0.2) is 0 Å². The van der Waals surface area contributed by atoms with Gasteiger partial charge in [0.05, 0.1) is 5.52 Å². The normalized spacial score (nSPS) is 15.5. The van der Waals surface area contributed by atoms with Crippen LogP contribution < -0.4 is 0 Å². The molecule has 0 bridgehead atoms. The molecule has 2 aromatic rings. The number of pyridine rings is 1. The van der Waals surface area contributed by atoms with E-state index in [-0.39, 0.29) is 0 Å². The van der Waals surface area contributed by atoms with E-state index < -0.39 is 0 Å². The highest BCUT2D eigenvalue weighted by atomic mass is 35.5. The van der Waals surface area contributed by atoms with Crippen molar-refractivity contribution in [2.45, 2.75) is 19.4 Å². The number of hydrogen-bond donors (Lipinski definition) is 0. The fraction of sp³-hybridized carbons (Fsp3) is 0.400. The maximum atomic E-state index is 6.26. The van der Waals surface area contributed by atoms with Crippen LogP contribution in [0.25, 0.3) is 10.9 Å². The van der Waals surface area contributed by atoms with Crippen LogP contribution in [-0.4, -0.2) is 23.5 Å². The van der Waals surface area contributed by atoms with Crippen LogP contribution in [0, 0.1) is 5.92 Å². The average molecular weight is 261 g/mol. The van der Waals surface area contributed by atoms with Crippen molar-refractivity contribution in [2.75, 3.05) is 13.6 Å². The van der Waals surface area contributed by atoms with Crippen LogP contribution >= 0.6 is 11.6 Å². The highest BCUT2D eigenvalue weighted by Gasteiger charge is 2.23. The summed E-state index contributed by atoms with van der Waals surface area (Å²) < 4.78 is 0. The van der Waals surface area contributed by atoms with E-state index in [0.29, 0.717) is 5.15 Å². The molecule has 3 heteroatoms. The molecule has 18 heavy (non-hydrogen) atoms.